The number of hydrogen-bond donors (Lipinski definition) is 0. The molecule has 0 spiro atoms. The number of rotatable bonds is 1. The summed E-state index contributed by atoms with van der Waals surface area (Å²) in [4.78, 5) is 0. The van der Waals surface area contributed by atoms with Gasteiger partial charge in [-0.1, -0.05) is 35.0 Å². The van der Waals surface area contributed by atoms with E-state index in [1.807, 2.05) is 31.2 Å². The van der Waals surface area contributed by atoms with E-state index in [1.54, 1.807) is 6.26 Å². The van der Waals surface area contributed by atoms with E-state index in [0.29, 0.717) is 5.02 Å². The summed E-state index contributed by atoms with van der Waals surface area (Å²) in [5.74, 6) is 0. The molecule has 0 fully saturated rings. The molecule has 0 aliphatic heterocycles. The first kappa shape index (κ1) is 8.32. The number of aromatic nitrogens is 1. The minimum Gasteiger partial charge on any atom is -0.364 e. The van der Waals surface area contributed by atoms with Crippen LogP contribution in [0.25, 0.3) is 11.3 Å². The Hall–Kier alpha value is -1.28. The van der Waals surface area contributed by atoms with E-state index in [0.717, 1.165) is 16.8 Å². The van der Waals surface area contributed by atoms with Gasteiger partial charge in [0.05, 0.1) is 5.02 Å². The molecule has 66 valence electrons. The van der Waals surface area contributed by atoms with Crippen LogP contribution in [-0.2, 0) is 0 Å². The van der Waals surface area contributed by atoms with E-state index in [1.165, 1.54) is 0 Å². The highest BCUT2D eigenvalue weighted by atomic mass is 35.5. The highest BCUT2D eigenvalue weighted by molar-refractivity contribution is 6.33. The van der Waals surface area contributed by atoms with Crippen molar-refractivity contribution in [2.75, 3.05) is 0 Å². The van der Waals surface area contributed by atoms with Crippen LogP contribution in [0, 0.1) is 6.92 Å². The number of aryl methyl sites for hydroxylation is 1. The number of benzene rings is 1. The molecule has 0 bridgehead atoms. The summed E-state index contributed by atoms with van der Waals surface area (Å²) in [6, 6.07) is 7.58. The Kier molecular flexibility index (Phi) is 2.07. The molecular weight excluding hydrogens is 186 g/mol. The minimum atomic E-state index is 0.694. The van der Waals surface area contributed by atoms with Gasteiger partial charge in [-0.3, -0.25) is 0 Å². The third-order valence-corrected chi connectivity index (χ3v) is 2.21. The lowest BCUT2D eigenvalue weighted by atomic mass is 10.1. The Morgan fingerprint density at radius 3 is 2.69 bits per heavy atom. The first-order chi connectivity index (χ1) is 6.29. The van der Waals surface area contributed by atoms with Gasteiger partial charge in [0.1, 0.15) is 12.0 Å². The zero-order valence-electron chi connectivity index (χ0n) is 7.12. The Bertz CT molecular complexity index is 422. The van der Waals surface area contributed by atoms with Gasteiger partial charge < -0.3 is 4.52 Å². The molecule has 0 amide bonds. The molecule has 2 rings (SSSR count). The van der Waals surface area contributed by atoms with Crippen LogP contribution >= 0.6 is 11.6 Å². The molecule has 1 aromatic heterocycles. The fourth-order valence-corrected chi connectivity index (χ4v) is 1.43. The summed E-state index contributed by atoms with van der Waals surface area (Å²) >= 11 is 6.01. The molecule has 0 unspecified atom stereocenters. The summed E-state index contributed by atoms with van der Waals surface area (Å²) in [7, 11) is 0. The Morgan fingerprint density at radius 1 is 1.31 bits per heavy atom. The van der Waals surface area contributed by atoms with Crippen LogP contribution in [0.2, 0.25) is 5.02 Å². The van der Waals surface area contributed by atoms with E-state index in [2.05, 4.69) is 5.16 Å². The molecule has 0 radical (unpaired) electrons. The van der Waals surface area contributed by atoms with Crippen LogP contribution in [0.15, 0.2) is 35.1 Å². The summed E-state index contributed by atoms with van der Waals surface area (Å²) in [6.07, 6.45) is 1.61. The topological polar surface area (TPSA) is 26.0 Å². The van der Waals surface area contributed by atoms with Crippen molar-refractivity contribution < 1.29 is 4.52 Å². The van der Waals surface area contributed by atoms with Crippen molar-refractivity contribution in [1.29, 1.82) is 0 Å². The third-order valence-electron chi connectivity index (χ3n) is 1.88. The highest BCUT2D eigenvalue weighted by Gasteiger charge is 2.08. The highest BCUT2D eigenvalue weighted by Crippen LogP contribution is 2.28. The van der Waals surface area contributed by atoms with E-state index in [4.69, 9.17) is 16.1 Å². The van der Waals surface area contributed by atoms with Gasteiger partial charge in [0.15, 0.2) is 0 Å². The minimum absolute atomic E-state index is 0.694. The van der Waals surface area contributed by atoms with Crippen molar-refractivity contribution in [2.45, 2.75) is 6.92 Å². The Balaban J connectivity index is 2.59. The lowest BCUT2D eigenvalue weighted by Crippen LogP contribution is -1.80. The molecule has 0 aliphatic rings. The quantitative estimate of drug-likeness (QED) is 0.695. The molecule has 0 aliphatic carbocycles. The fourth-order valence-electron chi connectivity index (χ4n) is 1.20. The molecular formula is C10H8ClNO. The number of halogens is 1. The van der Waals surface area contributed by atoms with Crippen LogP contribution in [0.3, 0.4) is 0 Å². The van der Waals surface area contributed by atoms with Gasteiger partial charge in [0, 0.05) is 11.1 Å². The molecule has 1 aromatic carbocycles. The van der Waals surface area contributed by atoms with Crippen LogP contribution in [0.5, 0.6) is 0 Å². The standard InChI is InChI=1S/C10H8ClNO/c1-7-6-13-12-10(7)8-4-2-3-5-9(8)11/h2-6H,1H3. The summed E-state index contributed by atoms with van der Waals surface area (Å²) in [5, 5.41) is 4.58. The van der Waals surface area contributed by atoms with Gasteiger partial charge in [-0.05, 0) is 13.0 Å². The van der Waals surface area contributed by atoms with Crippen LogP contribution in [-0.4, -0.2) is 5.16 Å². The second kappa shape index (κ2) is 3.23. The second-order valence-electron chi connectivity index (χ2n) is 2.83. The van der Waals surface area contributed by atoms with Gasteiger partial charge in [0.2, 0.25) is 0 Å². The third kappa shape index (κ3) is 1.45. The fraction of sp³-hybridized carbons (Fsp3) is 0.100. The molecule has 13 heavy (non-hydrogen) atoms. The molecule has 0 atom stereocenters. The van der Waals surface area contributed by atoms with Gasteiger partial charge in [-0.15, -0.1) is 0 Å². The molecule has 3 heteroatoms. The first-order valence-corrected chi connectivity index (χ1v) is 4.32. The van der Waals surface area contributed by atoms with Crippen LogP contribution in [0.4, 0.5) is 0 Å². The van der Waals surface area contributed by atoms with Crippen molar-refractivity contribution in [3.05, 3.63) is 41.1 Å². The number of nitrogens with zero attached hydrogens (tertiary/aromatic N) is 1. The maximum absolute atomic E-state index is 6.01. The summed E-state index contributed by atoms with van der Waals surface area (Å²) < 4.78 is 4.85. The zero-order valence-corrected chi connectivity index (χ0v) is 7.88. The van der Waals surface area contributed by atoms with Crippen molar-refractivity contribution in [1.82, 2.24) is 5.16 Å². The van der Waals surface area contributed by atoms with Gasteiger partial charge >= 0.3 is 0 Å². The predicted molar refractivity (Wildman–Crippen MR) is 51.7 cm³/mol. The van der Waals surface area contributed by atoms with Crippen LogP contribution in [0.1, 0.15) is 5.56 Å². The molecule has 0 saturated heterocycles. The maximum atomic E-state index is 6.01. The lowest BCUT2D eigenvalue weighted by molar-refractivity contribution is 0.421. The normalized spacial score (nSPS) is 10.3. The smallest absolute Gasteiger partial charge is 0.127 e. The average molecular weight is 194 g/mol. The van der Waals surface area contributed by atoms with E-state index < -0.39 is 0 Å². The van der Waals surface area contributed by atoms with Gasteiger partial charge in [-0.2, -0.15) is 0 Å². The number of hydrogen-bond acceptors (Lipinski definition) is 2. The molecule has 1 heterocycles. The van der Waals surface area contributed by atoms with E-state index in [9.17, 15) is 0 Å². The maximum Gasteiger partial charge on any atom is 0.127 e. The zero-order chi connectivity index (χ0) is 9.26. The molecule has 0 saturated carbocycles. The predicted octanol–water partition coefficient (Wildman–Crippen LogP) is 3.30. The van der Waals surface area contributed by atoms with Crippen molar-refractivity contribution >= 4 is 11.6 Å². The van der Waals surface area contributed by atoms with Gasteiger partial charge in [0.25, 0.3) is 0 Å². The lowest BCUT2D eigenvalue weighted by Gasteiger charge is -1.99. The second-order valence-corrected chi connectivity index (χ2v) is 3.23. The van der Waals surface area contributed by atoms with Gasteiger partial charge in [-0.25, -0.2) is 0 Å². The van der Waals surface area contributed by atoms with Crippen molar-refractivity contribution in [2.24, 2.45) is 0 Å². The SMILES string of the molecule is Cc1conc1-c1ccccc1Cl. The van der Waals surface area contributed by atoms with Crippen molar-refractivity contribution in [3.8, 4) is 11.3 Å². The van der Waals surface area contributed by atoms with E-state index in [-0.39, 0.29) is 0 Å². The van der Waals surface area contributed by atoms with Crippen molar-refractivity contribution in [3.63, 3.8) is 0 Å². The molecule has 0 N–H and O–H groups in total. The molecule has 2 nitrogen and oxygen atoms in total. The molecule has 2 aromatic rings. The Morgan fingerprint density at radius 2 is 2.08 bits per heavy atom. The largest absolute Gasteiger partial charge is 0.364 e. The van der Waals surface area contributed by atoms with Crippen LogP contribution < -0.4 is 0 Å². The summed E-state index contributed by atoms with van der Waals surface area (Å²) in [5.41, 5.74) is 2.72. The average Bonchev–Trinajstić information content (AvgIpc) is 2.52. The van der Waals surface area contributed by atoms with E-state index >= 15 is 0 Å². The monoisotopic (exact) mass is 193 g/mol. The first-order valence-electron chi connectivity index (χ1n) is 3.95. The Labute approximate surface area is 81.1 Å². The summed E-state index contributed by atoms with van der Waals surface area (Å²) in [6.45, 7) is 1.94.